The topological polar surface area (TPSA) is 45.7 Å². The summed E-state index contributed by atoms with van der Waals surface area (Å²) in [5.74, 6) is 2.02. The average Bonchev–Trinajstić information content (AvgIpc) is 3.26. The van der Waals surface area contributed by atoms with Gasteiger partial charge in [0.15, 0.2) is 5.96 Å². The van der Waals surface area contributed by atoms with Crippen LogP contribution >= 0.6 is 0 Å². The maximum atomic E-state index is 5.26. The number of nitrogens with one attached hydrogen (secondary N) is 2. The molecule has 2 aliphatic rings. The van der Waals surface area contributed by atoms with Gasteiger partial charge in [-0.3, -0.25) is 4.99 Å². The summed E-state index contributed by atoms with van der Waals surface area (Å²) in [6.45, 7) is 5.91. The zero-order valence-corrected chi connectivity index (χ0v) is 13.9. The smallest absolute Gasteiger partial charge is 0.191 e. The number of methoxy groups -OCH3 is 1. The minimum Gasteiger partial charge on any atom is -0.385 e. The number of aliphatic imine (C=N–C) groups is 1. The van der Waals surface area contributed by atoms with E-state index in [1.165, 1.54) is 44.9 Å². The van der Waals surface area contributed by atoms with Crippen molar-refractivity contribution in [1.29, 1.82) is 0 Å². The van der Waals surface area contributed by atoms with Gasteiger partial charge >= 0.3 is 0 Å². The highest BCUT2D eigenvalue weighted by Crippen LogP contribution is 2.44. The Morgan fingerprint density at radius 2 is 2.10 bits per heavy atom. The molecule has 0 aromatic carbocycles. The van der Waals surface area contributed by atoms with E-state index in [0.29, 0.717) is 5.41 Å². The van der Waals surface area contributed by atoms with Gasteiger partial charge in [-0.05, 0) is 50.4 Å². The SMILES string of the molecule is CCNC(=NCC1(CCOC)CCC1)NCCCC1CC1. The second-order valence-corrected chi connectivity index (χ2v) is 6.80. The van der Waals surface area contributed by atoms with E-state index in [-0.39, 0.29) is 0 Å². The number of nitrogens with zero attached hydrogens (tertiary/aromatic N) is 1. The number of ether oxygens (including phenoxy) is 1. The van der Waals surface area contributed by atoms with Crippen molar-refractivity contribution in [3.05, 3.63) is 0 Å². The Kier molecular flexibility index (Phi) is 6.81. The molecule has 0 aliphatic heterocycles. The lowest BCUT2D eigenvalue weighted by molar-refractivity contribution is 0.0778. The van der Waals surface area contributed by atoms with Crippen LogP contribution in [0.3, 0.4) is 0 Å². The van der Waals surface area contributed by atoms with E-state index in [9.17, 15) is 0 Å². The third-order valence-corrected chi connectivity index (χ3v) is 4.95. The molecule has 2 N–H and O–H groups in total. The van der Waals surface area contributed by atoms with Gasteiger partial charge in [0.2, 0.25) is 0 Å². The lowest BCUT2D eigenvalue weighted by Gasteiger charge is -2.40. The molecule has 0 amide bonds. The average molecular weight is 295 g/mol. The van der Waals surface area contributed by atoms with Crippen LogP contribution in [-0.4, -0.2) is 39.3 Å². The second kappa shape index (κ2) is 8.62. The molecule has 0 unspecified atom stereocenters. The van der Waals surface area contributed by atoms with Crippen molar-refractivity contribution in [2.75, 3.05) is 33.4 Å². The van der Waals surface area contributed by atoms with Crippen LogP contribution in [-0.2, 0) is 4.74 Å². The van der Waals surface area contributed by atoms with Crippen LogP contribution in [0.1, 0.15) is 58.3 Å². The molecule has 0 saturated heterocycles. The first-order valence-corrected chi connectivity index (χ1v) is 8.79. The Balaban J connectivity index is 1.72. The maximum Gasteiger partial charge on any atom is 0.191 e. The lowest BCUT2D eigenvalue weighted by Crippen LogP contribution is -2.40. The van der Waals surface area contributed by atoms with E-state index in [4.69, 9.17) is 9.73 Å². The molecule has 0 atom stereocenters. The largest absolute Gasteiger partial charge is 0.385 e. The fraction of sp³-hybridized carbons (Fsp3) is 0.941. The molecule has 2 saturated carbocycles. The van der Waals surface area contributed by atoms with E-state index in [2.05, 4.69) is 17.6 Å². The van der Waals surface area contributed by atoms with Crippen molar-refractivity contribution in [3.63, 3.8) is 0 Å². The molecule has 122 valence electrons. The zero-order chi connectivity index (χ0) is 15.0. The van der Waals surface area contributed by atoms with Gasteiger partial charge in [0.25, 0.3) is 0 Å². The fourth-order valence-corrected chi connectivity index (χ4v) is 3.08. The summed E-state index contributed by atoms with van der Waals surface area (Å²) < 4.78 is 5.26. The van der Waals surface area contributed by atoms with Crippen LogP contribution in [0.15, 0.2) is 4.99 Å². The molecular weight excluding hydrogens is 262 g/mol. The van der Waals surface area contributed by atoms with Crippen molar-refractivity contribution in [3.8, 4) is 0 Å². The van der Waals surface area contributed by atoms with Gasteiger partial charge in [0.05, 0.1) is 0 Å². The van der Waals surface area contributed by atoms with Crippen LogP contribution in [0.5, 0.6) is 0 Å². The van der Waals surface area contributed by atoms with Gasteiger partial charge < -0.3 is 15.4 Å². The molecule has 2 aliphatic carbocycles. The Labute approximate surface area is 130 Å². The first-order chi connectivity index (χ1) is 10.3. The van der Waals surface area contributed by atoms with Crippen molar-refractivity contribution < 1.29 is 4.74 Å². The maximum absolute atomic E-state index is 5.26. The Morgan fingerprint density at radius 1 is 1.29 bits per heavy atom. The molecule has 0 spiro atoms. The van der Waals surface area contributed by atoms with E-state index in [0.717, 1.165) is 44.5 Å². The molecule has 0 bridgehead atoms. The van der Waals surface area contributed by atoms with Gasteiger partial charge in [-0.1, -0.05) is 19.3 Å². The highest BCUT2D eigenvalue weighted by Gasteiger charge is 2.36. The van der Waals surface area contributed by atoms with Gasteiger partial charge in [0, 0.05) is 33.4 Å². The van der Waals surface area contributed by atoms with Gasteiger partial charge in [-0.2, -0.15) is 0 Å². The third kappa shape index (κ3) is 5.85. The minimum atomic E-state index is 0.409. The summed E-state index contributed by atoms with van der Waals surface area (Å²) in [4.78, 5) is 4.83. The highest BCUT2D eigenvalue weighted by atomic mass is 16.5. The molecule has 0 radical (unpaired) electrons. The molecule has 0 aromatic heterocycles. The first-order valence-electron chi connectivity index (χ1n) is 8.79. The van der Waals surface area contributed by atoms with E-state index in [1.54, 1.807) is 7.11 Å². The van der Waals surface area contributed by atoms with Gasteiger partial charge in [0.1, 0.15) is 0 Å². The van der Waals surface area contributed by atoms with Crippen LogP contribution in [0.25, 0.3) is 0 Å². The molecule has 4 heteroatoms. The van der Waals surface area contributed by atoms with Crippen LogP contribution < -0.4 is 10.6 Å². The van der Waals surface area contributed by atoms with Crippen molar-refractivity contribution in [2.45, 2.75) is 58.3 Å². The van der Waals surface area contributed by atoms with Crippen LogP contribution in [0.2, 0.25) is 0 Å². The predicted octanol–water partition coefficient (Wildman–Crippen LogP) is 2.94. The highest BCUT2D eigenvalue weighted by molar-refractivity contribution is 5.79. The fourth-order valence-electron chi connectivity index (χ4n) is 3.08. The van der Waals surface area contributed by atoms with Crippen LogP contribution in [0.4, 0.5) is 0 Å². The standard InChI is InChI=1S/C17H33N3O/c1-3-18-16(19-12-4-6-15-7-8-15)20-14-17(9-5-10-17)11-13-21-2/h15H,3-14H2,1-2H3,(H2,18,19,20). The molecule has 2 fully saturated rings. The minimum absolute atomic E-state index is 0.409. The molecule has 0 heterocycles. The zero-order valence-electron chi connectivity index (χ0n) is 13.9. The normalized spacial score (nSPS) is 21.0. The van der Waals surface area contributed by atoms with Crippen molar-refractivity contribution in [2.24, 2.45) is 16.3 Å². The van der Waals surface area contributed by atoms with Crippen molar-refractivity contribution in [1.82, 2.24) is 10.6 Å². The molecule has 21 heavy (non-hydrogen) atoms. The van der Waals surface area contributed by atoms with Crippen molar-refractivity contribution >= 4 is 5.96 Å². The summed E-state index contributed by atoms with van der Waals surface area (Å²) in [7, 11) is 1.79. The first kappa shape index (κ1) is 16.6. The van der Waals surface area contributed by atoms with E-state index in [1.807, 2.05) is 0 Å². The van der Waals surface area contributed by atoms with Crippen LogP contribution in [0, 0.1) is 11.3 Å². The Morgan fingerprint density at radius 3 is 2.67 bits per heavy atom. The summed E-state index contributed by atoms with van der Waals surface area (Å²) >= 11 is 0. The number of hydrogen-bond acceptors (Lipinski definition) is 2. The van der Waals surface area contributed by atoms with Gasteiger partial charge in [-0.15, -0.1) is 0 Å². The Bertz CT molecular complexity index is 322. The summed E-state index contributed by atoms with van der Waals surface area (Å²) in [6.07, 6.45) is 10.7. The summed E-state index contributed by atoms with van der Waals surface area (Å²) in [5, 5.41) is 6.86. The quantitative estimate of drug-likeness (QED) is 0.370. The summed E-state index contributed by atoms with van der Waals surface area (Å²) in [6, 6.07) is 0. The molecule has 4 nitrogen and oxygen atoms in total. The molecule has 0 aromatic rings. The predicted molar refractivity (Wildman–Crippen MR) is 88.7 cm³/mol. The molecule has 2 rings (SSSR count). The van der Waals surface area contributed by atoms with E-state index >= 15 is 0 Å². The Hall–Kier alpha value is -0.770. The number of hydrogen-bond donors (Lipinski definition) is 2. The number of guanidine groups is 1. The second-order valence-electron chi connectivity index (χ2n) is 6.80. The number of rotatable bonds is 10. The lowest BCUT2D eigenvalue weighted by atomic mass is 9.67. The van der Waals surface area contributed by atoms with Gasteiger partial charge in [-0.25, -0.2) is 0 Å². The van der Waals surface area contributed by atoms with E-state index < -0.39 is 0 Å². The summed E-state index contributed by atoms with van der Waals surface area (Å²) in [5.41, 5.74) is 0.409. The third-order valence-electron chi connectivity index (χ3n) is 4.95. The molecular formula is C17H33N3O. The monoisotopic (exact) mass is 295 g/mol.